The number of aromatic nitrogens is 1. The molecular weight excluding hydrogens is 464 g/mol. The van der Waals surface area contributed by atoms with Gasteiger partial charge in [-0.05, 0) is 66.3 Å². The van der Waals surface area contributed by atoms with Gasteiger partial charge in [-0.15, -0.1) is 0 Å². The second-order valence-corrected chi connectivity index (χ2v) is 8.50. The van der Waals surface area contributed by atoms with E-state index in [4.69, 9.17) is 21.4 Å². The van der Waals surface area contributed by atoms with Crippen molar-refractivity contribution in [3.05, 3.63) is 112 Å². The molecule has 2 unspecified atom stereocenters. The minimum atomic E-state index is -0.420. The van der Waals surface area contributed by atoms with Crippen molar-refractivity contribution in [1.29, 1.82) is 0 Å². The van der Waals surface area contributed by atoms with Gasteiger partial charge in [-0.25, -0.2) is 0 Å². The fourth-order valence-electron chi connectivity index (χ4n) is 4.23. The molecule has 3 heterocycles. The highest BCUT2D eigenvalue weighted by Gasteiger charge is 2.41. The first-order valence-electron chi connectivity index (χ1n) is 11.0. The summed E-state index contributed by atoms with van der Waals surface area (Å²) in [5, 5.41) is 15.0. The van der Waals surface area contributed by atoms with E-state index in [-0.39, 0.29) is 17.8 Å². The number of nitro benzene ring substituents is 1. The van der Waals surface area contributed by atoms with Crippen molar-refractivity contribution in [2.75, 3.05) is 7.11 Å². The number of nitrogens with one attached hydrogen (secondary N) is 1. The Balaban J connectivity index is 1.49. The summed E-state index contributed by atoms with van der Waals surface area (Å²) in [5.41, 5.74) is 2.72. The third-order valence-corrected chi connectivity index (χ3v) is 6.34. The summed E-state index contributed by atoms with van der Waals surface area (Å²) < 4.78 is 11.6. The number of benzene rings is 2. The Bertz CT molecular complexity index is 1340. The van der Waals surface area contributed by atoms with Crippen molar-refractivity contribution >= 4 is 23.0 Å². The molecule has 1 aliphatic rings. The summed E-state index contributed by atoms with van der Waals surface area (Å²) >= 11 is 5.74. The summed E-state index contributed by atoms with van der Waals surface area (Å²) in [4.78, 5) is 17.2. The molecule has 2 aromatic heterocycles. The van der Waals surface area contributed by atoms with E-state index in [9.17, 15) is 10.1 Å². The molecule has 5 rings (SSSR count). The van der Waals surface area contributed by atoms with Gasteiger partial charge >= 0.3 is 0 Å². The van der Waals surface area contributed by atoms with Crippen LogP contribution in [0.2, 0.25) is 0 Å². The maximum absolute atomic E-state index is 11.0. The Hall–Kier alpha value is -4.24. The minimum Gasteiger partial charge on any atom is -0.497 e. The van der Waals surface area contributed by atoms with Gasteiger partial charge in [0.2, 0.25) is 0 Å². The van der Waals surface area contributed by atoms with Crippen LogP contribution in [0.25, 0.3) is 11.3 Å². The second kappa shape index (κ2) is 9.55. The lowest BCUT2D eigenvalue weighted by atomic mass is 10.0. The lowest BCUT2D eigenvalue weighted by Gasteiger charge is -2.26. The molecule has 8 nitrogen and oxygen atoms in total. The van der Waals surface area contributed by atoms with Crippen molar-refractivity contribution in [3.8, 4) is 17.1 Å². The monoisotopic (exact) mass is 486 g/mol. The molecule has 2 atom stereocenters. The summed E-state index contributed by atoms with van der Waals surface area (Å²) in [6.07, 6.45) is 1.76. The summed E-state index contributed by atoms with van der Waals surface area (Å²) in [7, 11) is 1.64. The van der Waals surface area contributed by atoms with E-state index in [1.54, 1.807) is 25.4 Å². The zero-order valence-corrected chi connectivity index (χ0v) is 19.6. The number of rotatable bonds is 7. The quantitative estimate of drug-likeness (QED) is 0.210. The van der Waals surface area contributed by atoms with Gasteiger partial charge in [-0.3, -0.25) is 15.1 Å². The first kappa shape index (κ1) is 22.5. The normalized spacial score (nSPS) is 17.3. The second-order valence-electron chi connectivity index (χ2n) is 8.11. The SMILES string of the molecule is COc1ccc(CN2C(=S)NC(c3ccccn3)C2c2ccc(-c3ccc([N+](=O)[O-])cc3)o2)cc1. The van der Waals surface area contributed by atoms with Gasteiger partial charge < -0.3 is 19.4 Å². The average Bonchev–Trinajstić information content (AvgIpc) is 3.50. The highest BCUT2D eigenvalue weighted by Crippen LogP contribution is 2.41. The van der Waals surface area contributed by atoms with Crippen molar-refractivity contribution in [3.63, 3.8) is 0 Å². The maximum Gasteiger partial charge on any atom is 0.269 e. The fourth-order valence-corrected chi connectivity index (χ4v) is 4.53. The fraction of sp³-hybridized carbons (Fsp3) is 0.154. The van der Waals surface area contributed by atoms with Gasteiger partial charge in [0.05, 0.1) is 23.8 Å². The van der Waals surface area contributed by atoms with Gasteiger partial charge in [0.15, 0.2) is 5.11 Å². The van der Waals surface area contributed by atoms with Crippen LogP contribution in [-0.2, 0) is 6.54 Å². The van der Waals surface area contributed by atoms with Crippen LogP contribution in [-0.4, -0.2) is 27.0 Å². The van der Waals surface area contributed by atoms with Crippen molar-refractivity contribution in [2.24, 2.45) is 0 Å². The molecule has 35 heavy (non-hydrogen) atoms. The number of nitrogens with zero attached hydrogens (tertiary/aromatic N) is 3. The van der Waals surface area contributed by atoms with Crippen molar-refractivity contribution in [2.45, 2.75) is 18.6 Å². The van der Waals surface area contributed by atoms with E-state index in [0.29, 0.717) is 17.4 Å². The van der Waals surface area contributed by atoms with E-state index in [1.807, 2.05) is 54.6 Å². The summed E-state index contributed by atoms with van der Waals surface area (Å²) in [6, 6.07) is 23.3. The Morgan fingerprint density at radius 1 is 1.09 bits per heavy atom. The number of nitro groups is 1. The van der Waals surface area contributed by atoms with E-state index in [0.717, 1.165) is 28.3 Å². The molecule has 4 aromatic rings. The zero-order chi connectivity index (χ0) is 24.4. The summed E-state index contributed by atoms with van der Waals surface area (Å²) in [6.45, 7) is 0.567. The first-order chi connectivity index (χ1) is 17.0. The molecular formula is C26H22N4O4S. The molecule has 176 valence electrons. The van der Waals surface area contributed by atoms with E-state index < -0.39 is 4.92 Å². The van der Waals surface area contributed by atoms with Crippen LogP contribution < -0.4 is 10.1 Å². The number of ether oxygens (including phenoxy) is 1. The van der Waals surface area contributed by atoms with Crippen LogP contribution in [0.5, 0.6) is 5.75 Å². The number of pyridine rings is 1. The molecule has 0 bridgehead atoms. The predicted octanol–water partition coefficient (Wildman–Crippen LogP) is 5.43. The van der Waals surface area contributed by atoms with Crippen LogP contribution in [0.15, 0.2) is 89.5 Å². The van der Waals surface area contributed by atoms with Gasteiger partial charge in [0.1, 0.15) is 23.3 Å². The summed E-state index contributed by atoms with van der Waals surface area (Å²) in [5.74, 6) is 2.13. The molecule has 0 radical (unpaired) electrons. The smallest absolute Gasteiger partial charge is 0.269 e. The van der Waals surface area contributed by atoms with Crippen LogP contribution >= 0.6 is 12.2 Å². The molecule has 0 amide bonds. The van der Waals surface area contributed by atoms with Crippen LogP contribution in [0.3, 0.4) is 0 Å². The average molecular weight is 487 g/mol. The molecule has 0 spiro atoms. The Morgan fingerprint density at radius 2 is 1.86 bits per heavy atom. The Morgan fingerprint density at radius 3 is 2.51 bits per heavy atom. The number of hydrogen-bond acceptors (Lipinski definition) is 6. The number of non-ortho nitro benzene ring substituents is 1. The third-order valence-electron chi connectivity index (χ3n) is 5.99. The van der Waals surface area contributed by atoms with Crippen LogP contribution in [0, 0.1) is 10.1 Å². The molecule has 0 aliphatic carbocycles. The topological polar surface area (TPSA) is 93.7 Å². The maximum atomic E-state index is 11.0. The van der Waals surface area contributed by atoms with Crippen LogP contribution in [0.1, 0.15) is 29.1 Å². The standard InChI is InChI=1S/C26H22N4O4S/c1-33-20-11-5-17(6-12-20)16-29-25(24(28-26(29)35)21-4-2-3-15-27-21)23-14-13-22(34-23)18-7-9-19(10-8-18)30(31)32/h2-15,24-25H,16H2,1H3,(H,28,35). The van der Waals surface area contributed by atoms with Gasteiger partial charge in [-0.1, -0.05) is 18.2 Å². The Kier molecular flexibility index (Phi) is 6.15. The molecule has 2 aromatic carbocycles. The van der Waals surface area contributed by atoms with E-state index in [1.165, 1.54) is 12.1 Å². The van der Waals surface area contributed by atoms with Crippen LogP contribution in [0.4, 0.5) is 5.69 Å². The lowest BCUT2D eigenvalue weighted by molar-refractivity contribution is -0.384. The Labute approximate surface area is 207 Å². The minimum absolute atomic E-state index is 0.0340. The predicted molar refractivity (Wildman–Crippen MR) is 135 cm³/mol. The van der Waals surface area contributed by atoms with Crippen molar-refractivity contribution in [1.82, 2.24) is 15.2 Å². The number of methoxy groups -OCH3 is 1. The largest absolute Gasteiger partial charge is 0.497 e. The highest BCUT2D eigenvalue weighted by atomic mass is 32.1. The van der Waals surface area contributed by atoms with Gasteiger partial charge in [-0.2, -0.15) is 0 Å². The number of furan rings is 1. The van der Waals surface area contributed by atoms with E-state index >= 15 is 0 Å². The van der Waals surface area contributed by atoms with Crippen molar-refractivity contribution < 1.29 is 14.1 Å². The number of thiocarbonyl (C=S) groups is 1. The molecule has 1 fully saturated rings. The number of hydrogen-bond donors (Lipinski definition) is 1. The highest BCUT2D eigenvalue weighted by molar-refractivity contribution is 7.80. The molecule has 0 saturated carbocycles. The zero-order valence-electron chi connectivity index (χ0n) is 18.8. The molecule has 1 aliphatic heterocycles. The lowest BCUT2D eigenvalue weighted by Crippen LogP contribution is -2.29. The van der Waals surface area contributed by atoms with E-state index in [2.05, 4.69) is 15.2 Å². The molecule has 1 N–H and O–H groups in total. The van der Waals surface area contributed by atoms with Gasteiger partial charge in [0, 0.05) is 30.4 Å². The molecule has 9 heteroatoms. The third kappa shape index (κ3) is 4.58. The molecule has 1 saturated heterocycles. The first-order valence-corrected chi connectivity index (χ1v) is 11.4. The van der Waals surface area contributed by atoms with Gasteiger partial charge in [0.25, 0.3) is 5.69 Å².